The van der Waals surface area contributed by atoms with E-state index >= 15 is 0 Å². The first-order valence-electron chi connectivity index (χ1n) is 7.37. The minimum absolute atomic E-state index is 0.00494. The zero-order valence-electron chi connectivity index (χ0n) is 13.1. The number of para-hydroxylation sites is 1. The van der Waals surface area contributed by atoms with Crippen LogP contribution in [0, 0.1) is 0 Å². The number of carbonyl (C=O) groups excluding carboxylic acids is 2. The Morgan fingerprint density at radius 2 is 2.12 bits per heavy atom. The third-order valence-electron chi connectivity index (χ3n) is 3.36. The van der Waals surface area contributed by atoms with Crippen LogP contribution in [0.5, 0.6) is 0 Å². The highest BCUT2D eigenvalue weighted by atomic mass is 32.2. The van der Waals surface area contributed by atoms with Crippen LogP contribution in [0.2, 0.25) is 0 Å². The molecule has 0 aliphatic carbocycles. The Labute approximate surface area is 146 Å². The van der Waals surface area contributed by atoms with Gasteiger partial charge in [-0.1, -0.05) is 41.3 Å². The molecule has 0 radical (unpaired) electrons. The number of aromatic nitrogens is 3. The number of H-pyrrole nitrogens is 1. The molecule has 8 heteroatoms. The van der Waals surface area contributed by atoms with Gasteiger partial charge in [-0.05, 0) is 19.9 Å². The molecule has 0 spiro atoms. The van der Waals surface area contributed by atoms with E-state index in [9.17, 15) is 9.59 Å². The van der Waals surface area contributed by atoms with Crippen LogP contribution in [-0.2, 0) is 4.74 Å². The van der Waals surface area contributed by atoms with Gasteiger partial charge >= 0.3 is 5.97 Å². The van der Waals surface area contributed by atoms with Crippen molar-refractivity contribution in [3.63, 3.8) is 0 Å². The van der Waals surface area contributed by atoms with Gasteiger partial charge in [0.15, 0.2) is 10.1 Å². The lowest BCUT2D eigenvalue weighted by molar-refractivity contribution is 0.0525. The fraction of sp³-hybridized carbons (Fsp3) is 0.250. The number of ketones is 1. The van der Waals surface area contributed by atoms with Crippen molar-refractivity contribution in [2.45, 2.75) is 23.4 Å². The Hall–Kier alpha value is -2.19. The molecule has 3 aromatic rings. The molecule has 3 rings (SSSR count). The van der Waals surface area contributed by atoms with E-state index in [1.807, 2.05) is 31.2 Å². The molecular formula is C16H15N3O3S2. The van der Waals surface area contributed by atoms with E-state index in [-0.39, 0.29) is 22.6 Å². The minimum Gasteiger partial charge on any atom is -0.461 e. The summed E-state index contributed by atoms with van der Waals surface area (Å²) in [6, 6.07) is 7.67. The zero-order valence-corrected chi connectivity index (χ0v) is 14.7. The highest BCUT2D eigenvalue weighted by molar-refractivity contribution is 8.02. The van der Waals surface area contributed by atoms with Crippen LogP contribution in [-0.4, -0.2) is 38.8 Å². The van der Waals surface area contributed by atoms with Crippen molar-refractivity contribution in [2.75, 3.05) is 6.61 Å². The molecule has 0 saturated heterocycles. The Balaban J connectivity index is 1.74. The predicted octanol–water partition coefficient (Wildman–Crippen LogP) is 3.56. The number of thioether (sulfide) groups is 1. The summed E-state index contributed by atoms with van der Waals surface area (Å²) in [5, 5.41) is 8.53. The number of ether oxygens (including phenoxy) is 1. The zero-order chi connectivity index (χ0) is 17.1. The highest BCUT2D eigenvalue weighted by Gasteiger charge is 2.22. The van der Waals surface area contributed by atoms with Crippen LogP contribution in [0.1, 0.15) is 34.0 Å². The van der Waals surface area contributed by atoms with E-state index in [1.165, 1.54) is 11.8 Å². The van der Waals surface area contributed by atoms with E-state index in [0.717, 1.165) is 22.2 Å². The van der Waals surface area contributed by atoms with Crippen molar-refractivity contribution in [1.82, 2.24) is 15.2 Å². The van der Waals surface area contributed by atoms with E-state index in [0.29, 0.717) is 9.90 Å². The van der Waals surface area contributed by atoms with Gasteiger partial charge in [0.25, 0.3) is 0 Å². The molecule has 0 aliphatic rings. The van der Waals surface area contributed by atoms with Gasteiger partial charge in [-0.25, -0.2) is 4.79 Å². The first-order valence-corrected chi connectivity index (χ1v) is 9.07. The molecule has 0 fully saturated rings. The number of hydrogen-bond donors (Lipinski definition) is 1. The summed E-state index contributed by atoms with van der Waals surface area (Å²) in [6.45, 7) is 3.84. The number of carbonyl (C=O) groups is 2. The lowest BCUT2D eigenvalue weighted by Gasteiger charge is -2.06. The molecule has 0 saturated carbocycles. The molecule has 2 aromatic heterocycles. The molecule has 1 aromatic carbocycles. The number of rotatable bonds is 6. The molecule has 0 aliphatic heterocycles. The Kier molecular flexibility index (Phi) is 4.96. The first-order chi connectivity index (χ1) is 11.6. The Morgan fingerprint density at radius 3 is 2.92 bits per heavy atom. The first kappa shape index (κ1) is 16.7. The number of benzene rings is 1. The van der Waals surface area contributed by atoms with Crippen LogP contribution in [0.25, 0.3) is 10.9 Å². The maximum atomic E-state index is 12.7. The summed E-state index contributed by atoms with van der Waals surface area (Å²) in [6.07, 6.45) is 1.73. The fourth-order valence-corrected chi connectivity index (χ4v) is 4.19. The van der Waals surface area contributed by atoms with Gasteiger partial charge in [-0.15, -0.1) is 10.2 Å². The van der Waals surface area contributed by atoms with Gasteiger partial charge in [0.05, 0.1) is 11.9 Å². The van der Waals surface area contributed by atoms with Crippen molar-refractivity contribution in [1.29, 1.82) is 0 Å². The molecule has 0 bridgehead atoms. The minimum atomic E-state index is -0.488. The largest absolute Gasteiger partial charge is 0.461 e. The number of fused-ring (bicyclic) bond motifs is 1. The summed E-state index contributed by atoms with van der Waals surface area (Å²) in [5.74, 6) is -0.484. The third-order valence-corrected chi connectivity index (χ3v) is 5.45. The fourth-order valence-electron chi connectivity index (χ4n) is 2.23. The van der Waals surface area contributed by atoms with Crippen LogP contribution >= 0.6 is 23.1 Å². The molecule has 1 unspecified atom stereocenters. The van der Waals surface area contributed by atoms with Gasteiger partial charge in [0.2, 0.25) is 5.01 Å². The Bertz CT molecular complexity index is 887. The monoisotopic (exact) mass is 361 g/mol. The molecular weight excluding hydrogens is 346 g/mol. The SMILES string of the molecule is CCOC(=O)c1nnc(SC(C)C(=O)c2c[nH]c3ccccc23)s1. The van der Waals surface area contributed by atoms with Crippen molar-refractivity contribution in [3.05, 3.63) is 41.0 Å². The third kappa shape index (κ3) is 3.34. The van der Waals surface area contributed by atoms with Crippen LogP contribution < -0.4 is 0 Å². The Morgan fingerprint density at radius 1 is 1.33 bits per heavy atom. The molecule has 24 heavy (non-hydrogen) atoms. The summed E-state index contributed by atoms with van der Waals surface area (Å²) in [5.41, 5.74) is 1.58. The van der Waals surface area contributed by atoms with Gasteiger partial charge < -0.3 is 9.72 Å². The highest BCUT2D eigenvalue weighted by Crippen LogP contribution is 2.30. The predicted molar refractivity (Wildman–Crippen MR) is 93.8 cm³/mol. The van der Waals surface area contributed by atoms with Crippen molar-refractivity contribution < 1.29 is 14.3 Å². The number of esters is 1. The quantitative estimate of drug-likeness (QED) is 0.410. The van der Waals surface area contributed by atoms with E-state index in [2.05, 4.69) is 15.2 Å². The number of hydrogen-bond acceptors (Lipinski definition) is 7. The van der Waals surface area contributed by atoms with E-state index in [4.69, 9.17) is 4.74 Å². The number of nitrogens with one attached hydrogen (secondary N) is 1. The average molecular weight is 361 g/mol. The maximum absolute atomic E-state index is 12.7. The van der Waals surface area contributed by atoms with Crippen LogP contribution in [0.3, 0.4) is 0 Å². The van der Waals surface area contributed by atoms with Crippen LogP contribution in [0.15, 0.2) is 34.8 Å². The average Bonchev–Trinajstić information content (AvgIpc) is 3.21. The lowest BCUT2D eigenvalue weighted by Crippen LogP contribution is -2.12. The topological polar surface area (TPSA) is 84.9 Å². The summed E-state index contributed by atoms with van der Waals surface area (Å²) < 4.78 is 5.46. The smallest absolute Gasteiger partial charge is 0.369 e. The van der Waals surface area contributed by atoms with Gasteiger partial charge in [0.1, 0.15) is 0 Å². The van der Waals surface area contributed by atoms with Gasteiger partial charge in [0, 0.05) is 22.7 Å². The van der Waals surface area contributed by atoms with Crippen molar-refractivity contribution in [2.24, 2.45) is 0 Å². The van der Waals surface area contributed by atoms with Crippen LogP contribution in [0.4, 0.5) is 0 Å². The summed E-state index contributed by atoms with van der Waals surface area (Å²) in [4.78, 5) is 27.4. The second-order valence-corrected chi connectivity index (χ2v) is 7.53. The lowest BCUT2D eigenvalue weighted by atomic mass is 10.1. The molecule has 1 atom stereocenters. The number of aromatic amines is 1. The normalized spacial score (nSPS) is 12.2. The van der Waals surface area contributed by atoms with E-state index in [1.54, 1.807) is 13.1 Å². The number of Topliss-reactive ketones (excluding diaryl/α,β-unsaturated/α-hetero) is 1. The molecule has 0 amide bonds. The molecule has 124 valence electrons. The summed E-state index contributed by atoms with van der Waals surface area (Å²) in [7, 11) is 0. The van der Waals surface area contributed by atoms with Gasteiger partial charge in [-0.2, -0.15) is 0 Å². The maximum Gasteiger partial charge on any atom is 0.369 e. The second-order valence-electron chi connectivity index (χ2n) is 4.97. The number of nitrogens with zero attached hydrogens (tertiary/aromatic N) is 2. The molecule has 6 nitrogen and oxygen atoms in total. The standard InChI is InChI=1S/C16H15N3O3S2/c1-3-22-15(21)14-18-19-16(24-14)23-9(2)13(20)11-8-17-12-7-5-4-6-10(11)12/h4-9,17H,3H2,1-2H3. The second kappa shape index (κ2) is 7.14. The van der Waals surface area contributed by atoms with Gasteiger partial charge in [-0.3, -0.25) is 4.79 Å². The summed E-state index contributed by atoms with van der Waals surface area (Å²) >= 11 is 2.42. The van der Waals surface area contributed by atoms with Crippen molar-refractivity contribution >= 4 is 45.8 Å². The van der Waals surface area contributed by atoms with Crippen molar-refractivity contribution in [3.8, 4) is 0 Å². The van der Waals surface area contributed by atoms with E-state index < -0.39 is 5.97 Å². The molecule has 2 heterocycles. The molecule has 1 N–H and O–H groups in total.